The van der Waals surface area contributed by atoms with E-state index >= 15 is 0 Å². The Morgan fingerprint density at radius 1 is 1.28 bits per heavy atom. The molecule has 2 N–H and O–H groups in total. The lowest BCUT2D eigenvalue weighted by atomic mass is 10.3. The number of aliphatic imine (C=N–C) groups is 1. The lowest BCUT2D eigenvalue weighted by Crippen LogP contribution is -2.16. The first-order valence-corrected chi connectivity index (χ1v) is 6.19. The van der Waals surface area contributed by atoms with Crippen molar-refractivity contribution in [3.63, 3.8) is 0 Å². The van der Waals surface area contributed by atoms with Gasteiger partial charge in [0, 0.05) is 0 Å². The van der Waals surface area contributed by atoms with Crippen molar-refractivity contribution < 1.29 is 28.2 Å². The van der Waals surface area contributed by atoms with Crippen LogP contribution in [0.1, 0.15) is 0 Å². The number of carboxylic acids is 1. The molecule has 1 heterocycles. The van der Waals surface area contributed by atoms with Gasteiger partial charge in [-0.2, -0.15) is 4.99 Å². The van der Waals surface area contributed by atoms with Gasteiger partial charge in [-0.3, -0.25) is 0 Å². The highest BCUT2D eigenvalue weighted by Crippen LogP contribution is 2.27. The van der Waals surface area contributed by atoms with Gasteiger partial charge in [0.2, 0.25) is 0 Å². The molecule has 1 aromatic rings. The van der Waals surface area contributed by atoms with Crippen LogP contribution in [0, 0.1) is 0 Å². The van der Waals surface area contributed by atoms with Crippen molar-refractivity contribution in [1.29, 1.82) is 0 Å². The molecule has 8 heteroatoms. The highest BCUT2D eigenvalue weighted by atomic mass is 32.2. The summed E-state index contributed by atoms with van der Waals surface area (Å²) in [6.45, 7) is 0. The second-order valence-electron chi connectivity index (χ2n) is 3.30. The lowest BCUT2D eigenvalue weighted by Gasteiger charge is -2.05. The normalized spacial score (nSPS) is 16.9. The fraction of sp³-hybridized carbons (Fsp3) is 0. The summed E-state index contributed by atoms with van der Waals surface area (Å²) in [5, 5.41) is 17.8. The van der Waals surface area contributed by atoms with Crippen LogP contribution in [0.4, 0.5) is 0 Å². The largest absolute Gasteiger partial charge is 0.504 e. The van der Waals surface area contributed by atoms with E-state index in [4.69, 9.17) is 9.84 Å². The molecule has 7 nitrogen and oxygen atoms in total. The van der Waals surface area contributed by atoms with Crippen molar-refractivity contribution in [2.24, 2.45) is 4.99 Å². The number of phenols is 1. The van der Waals surface area contributed by atoms with Gasteiger partial charge in [0.15, 0.2) is 17.2 Å². The highest BCUT2D eigenvalue weighted by molar-refractivity contribution is 8.08. The molecular weight excluding hydrogens is 262 g/mol. The van der Waals surface area contributed by atoms with Crippen LogP contribution in [-0.2, 0) is 14.6 Å². The number of aliphatic carboxylic acids is 1. The predicted molar refractivity (Wildman–Crippen MR) is 60.8 cm³/mol. The smallest absolute Gasteiger partial charge is 0.355 e. The molecule has 0 aromatic heterocycles. The number of rotatable bonds is 2. The minimum Gasteiger partial charge on any atom is -0.504 e. The third-order valence-electron chi connectivity index (χ3n) is 2.00. The first-order valence-electron chi connectivity index (χ1n) is 4.65. The van der Waals surface area contributed by atoms with Crippen LogP contribution in [0.15, 0.2) is 40.4 Å². The van der Waals surface area contributed by atoms with E-state index in [1.807, 2.05) is 0 Å². The highest BCUT2D eigenvalue weighted by Gasteiger charge is 2.31. The minimum absolute atomic E-state index is 0.125. The standard InChI is InChI=1S/C10H7NO6S/c12-7-3-1-2-4-8(7)17-10-11-6(9(13)14)5-18(10,15)16/h1-5,12H,(H,13,14). The van der Waals surface area contributed by atoms with Crippen LogP contribution in [-0.4, -0.2) is 29.8 Å². The van der Waals surface area contributed by atoms with E-state index in [-0.39, 0.29) is 11.5 Å². The van der Waals surface area contributed by atoms with Crippen LogP contribution in [0.2, 0.25) is 0 Å². The summed E-state index contributed by atoms with van der Waals surface area (Å²) >= 11 is 0. The predicted octanol–water partition coefficient (Wildman–Crippen LogP) is 0.481. The fourth-order valence-corrected chi connectivity index (χ4v) is 2.18. The summed E-state index contributed by atoms with van der Waals surface area (Å²) in [6, 6.07) is 5.66. The molecule has 0 fully saturated rings. The number of aromatic hydroxyl groups is 1. The number of hydrogen-bond acceptors (Lipinski definition) is 6. The van der Waals surface area contributed by atoms with Crippen LogP contribution in [0.3, 0.4) is 0 Å². The van der Waals surface area contributed by atoms with Gasteiger partial charge in [-0.25, -0.2) is 13.2 Å². The van der Waals surface area contributed by atoms with E-state index in [2.05, 4.69) is 4.99 Å². The van der Waals surface area contributed by atoms with Crippen LogP contribution < -0.4 is 4.74 Å². The molecule has 0 bridgehead atoms. The van der Waals surface area contributed by atoms with Crippen molar-refractivity contribution in [3.05, 3.63) is 35.4 Å². The lowest BCUT2D eigenvalue weighted by molar-refractivity contribution is -0.132. The van der Waals surface area contributed by atoms with Crippen molar-refractivity contribution in [3.8, 4) is 11.5 Å². The van der Waals surface area contributed by atoms with Crippen LogP contribution in [0.25, 0.3) is 0 Å². The SMILES string of the molecule is O=C(O)C1=CS(=O)(=O)C(Oc2ccccc2O)=N1. The second kappa shape index (κ2) is 4.15. The molecule has 0 aliphatic carbocycles. The quantitative estimate of drug-likeness (QED) is 0.807. The number of nitrogens with zero attached hydrogens (tertiary/aromatic N) is 1. The second-order valence-corrected chi connectivity index (χ2v) is 4.98. The van der Waals surface area contributed by atoms with Crippen LogP contribution >= 0.6 is 0 Å². The Morgan fingerprint density at radius 3 is 2.50 bits per heavy atom. The molecule has 1 aromatic carbocycles. The van der Waals surface area contributed by atoms with E-state index < -0.39 is 26.7 Å². The molecule has 0 radical (unpaired) electrons. The topological polar surface area (TPSA) is 113 Å². The van der Waals surface area contributed by atoms with E-state index in [9.17, 15) is 18.3 Å². The number of phenolic OH excluding ortho intramolecular Hbond substituents is 1. The van der Waals surface area contributed by atoms with Gasteiger partial charge in [0.05, 0.1) is 5.41 Å². The molecule has 0 saturated heterocycles. The number of carboxylic acid groups (broad SMARTS) is 1. The van der Waals surface area contributed by atoms with Crippen molar-refractivity contribution in [1.82, 2.24) is 0 Å². The summed E-state index contributed by atoms with van der Waals surface area (Å²) in [4.78, 5) is 13.9. The first kappa shape index (κ1) is 12.1. The van der Waals surface area contributed by atoms with Crippen molar-refractivity contribution >= 4 is 21.0 Å². The number of para-hydroxylation sites is 2. The Balaban J connectivity index is 2.35. The third-order valence-corrected chi connectivity index (χ3v) is 3.20. The summed E-state index contributed by atoms with van der Waals surface area (Å²) in [7, 11) is -4.02. The van der Waals surface area contributed by atoms with Crippen molar-refractivity contribution in [2.45, 2.75) is 0 Å². The van der Waals surface area contributed by atoms with Gasteiger partial charge >= 0.3 is 11.2 Å². The molecule has 1 aliphatic rings. The van der Waals surface area contributed by atoms with Crippen molar-refractivity contribution in [2.75, 3.05) is 0 Å². The molecule has 0 saturated carbocycles. The molecule has 18 heavy (non-hydrogen) atoms. The Kier molecular flexibility index (Phi) is 2.79. The van der Waals surface area contributed by atoms with Gasteiger partial charge in [0.25, 0.3) is 9.84 Å². The molecular formula is C10H7NO6S. The third kappa shape index (κ3) is 2.18. The van der Waals surface area contributed by atoms with E-state index in [0.717, 1.165) is 0 Å². The average Bonchev–Trinajstić information content (AvgIpc) is 2.58. The van der Waals surface area contributed by atoms with Crippen LogP contribution in [0.5, 0.6) is 11.5 Å². The molecule has 2 rings (SSSR count). The minimum atomic E-state index is -4.02. The van der Waals surface area contributed by atoms with Gasteiger partial charge in [0.1, 0.15) is 0 Å². The zero-order valence-electron chi connectivity index (χ0n) is 8.77. The number of ether oxygens (including phenoxy) is 1. The summed E-state index contributed by atoms with van der Waals surface area (Å²) in [6.07, 6.45) is 0. The van der Waals surface area contributed by atoms with E-state index in [1.54, 1.807) is 0 Å². The monoisotopic (exact) mass is 269 g/mol. The molecule has 0 unspecified atom stereocenters. The number of benzene rings is 1. The van der Waals surface area contributed by atoms with E-state index in [1.165, 1.54) is 24.3 Å². The fourth-order valence-electron chi connectivity index (χ4n) is 1.20. The number of hydrogen-bond donors (Lipinski definition) is 2. The van der Waals surface area contributed by atoms with Gasteiger partial charge in [-0.1, -0.05) is 12.1 Å². The maximum atomic E-state index is 11.5. The summed E-state index contributed by atoms with van der Waals surface area (Å²) in [5.41, 5.74) is -0.638. The average molecular weight is 269 g/mol. The molecule has 1 aliphatic heterocycles. The molecule has 0 spiro atoms. The Hall–Kier alpha value is -2.35. The summed E-state index contributed by atoms with van der Waals surface area (Å²) in [5.74, 6) is -1.88. The Morgan fingerprint density at radius 2 is 1.94 bits per heavy atom. The summed E-state index contributed by atoms with van der Waals surface area (Å²) < 4.78 is 27.9. The number of carbonyl (C=O) groups is 1. The Bertz CT molecular complexity index is 673. The van der Waals surface area contributed by atoms with E-state index in [0.29, 0.717) is 5.41 Å². The van der Waals surface area contributed by atoms with Gasteiger partial charge in [-0.15, -0.1) is 0 Å². The maximum absolute atomic E-state index is 11.5. The van der Waals surface area contributed by atoms with Gasteiger partial charge in [-0.05, 0) is 12.1 Å². The zero-order chi connectivity index (χ0) is 13.3. The maximum Gasteiger partial charge on any atom is 0.355 e. The number of sulfone groups is 1. The molecule has 0 amide bonds. The molecule has 0 atom stereocenters. The zero-order valence-corrected chi connectivity index (χ0v) is 9.59. The van der Waals surface area contributed by atoms with Gasteiger partial charge < -0.3 is 14.9 Å². The first-order chi connectivity index (χ1) is 8.40. The molecule has 94 valence electrons. The Labute approximate surface area is 102 Å².